The number of nitrogens with one attached hydrogen (secondary N) is 1. The van der Waals surface area contributed by atoms with Crippen LogP contribution in [0.1, 0.15) is 11.3 Å². The van der Waals surface area contributed by atoms with Gasteiger partial charge in [0.25, 0.3) is 5.69 Å². The van der Waals surface area contributed by atoms with Crippen LogP contribution in [0.2, 0.25) is 10.0 Å². The van der Waals surface area contributed by atoms with E-state index in [4.69, 9.17) is 32.5 Å². The first-order chi connectivity index (χ1) is 12.6. The van der Waals surface area contributed by atoms with E-state index in [-0.39, 0.29) is 0 Å². The Bertz CT molecular complexity index is 882. The molecule has 2 aromatic carbocycles. The van der Waals surface area contributed by atoms with Crippen LogP contribution >= 0.6 is 23.2 Å². The molecule has 8 heteroatoms. The van der Waals surface area contributed by atoms with Gasteiger partial charge in [0.05, 0.1) is 18.9 Å². The van der Waals surface area contributed by atoms with Crippen molar-refractivity contribution in [2.75, 3.05) is 13.7 Å². The average Bonchev–Trinajstić information content (AvgIpc) is 3.01. The number of hydrogen-bond donors (Lipinski definition) is 1. The summed E-state index contributed by atoms with van der Waals surface area (Å²) in [5, 5.41) is 20.2. The fourth-order valence-corrected chi connectivity index (χ4v) is 3.00. The molecule has 0 spiro atoms. The molecule has 0 bridgehead atoms. The molecule has 0 aliphatic rings. The van der Waals surface area contributed by atoms with Crippen molar-refractivity contribution in [3.8, 4) is 17.4 Å². The summed E-state index contributed by atoms with van der Waals surface area (Å²) in [6, 6.07) is 12.6. The van der Waals surface area contributed by atoms with Gasteiger partial charge in [-0.05, 0) is 47.5 Å². The smallest absolute Gasteiger partial charge is 0.253 e. The zero-order chi connectivity index (χ0) is 18.5. The van der Waals surface area contributed by atoms with Crippen LogP contribution in [0.3, 0.4) is 0 Å². The van der Waals surface area contributed by atoms with Gasteiger partial charge < -0.3 is 19.7 Å². The van der Waals surface area contributed by atoms with Crippen LogP contribution in [-0.4, -0.2) is 18.9 Å². The molecule has 0 aliphatic heterocycles. The highest BCUT2D eigenvalue weighted by molar-refractivity contribution is 6.35. The van der Waals surface area contributed by atoms with E-state index in [1.54, 1.807) is 43.5 Å². The third kappa shape index (κ3) is 4.27. The Balaban J connectivity index is 1.64. The lowest BCUT2D eigenvalue weighted by Gasteiger charge is -2.06. The quantitative estimate of drug-likeness (QED) is 0.493. The van der Waals surface area contributed by atoms with Gasteiger partial charge in [0, 0.05) is 22.2 Å². The summed E-state index contributed by atoms with van der Waals surface area (Å²) in [5.41, 5.74) is 2.12. The van der Waals surface area contributed by atoms with E-state index in [2.05, 4.69) is 10.6 Å². The van der Waals surface area contributed by atoms with E-state index >= 15 is 0 Å². The van der Waals surface area contributed by atoms with Gasteiger partial charge in [-0.1, -0.05) is 29.3 Å². The summed E-state index contributed by atoms with van der Waals surface area (Å²) in [7, 11) is 1.59. The first-order valence-corrected chi connectivity index (χ1v) is 8.71. The fraction of sp³-hybridized carbons (Fsp3) is 0.222. The van der Waals surface area contributed by atoms with Crippen molar-refractivity contribution in [2.45, 2.75) is 13.0 Å². The lowest BCUT2D eigenvalue weighted by molar-refractivity contribution is -0.677. The molecule has 3 rings (SSSR count). The van der Waals surface area contributed by atoms with Gasteiger partial charge >= 0.3 is 0 Å². The number of halogens is 2. The SMILES string of the molecule is COc1ccc(-[n+]2noc([O-])c2CNCCc2ccc(Cl)cc2Cl)cc1. The van der Waals surface area contributed by atoms with Crippen molar-refractivity contribution in [3.05, 3.63) is 63.8 Å². The van der Waals surface area contributed by atoms with E-state index < -0.39 is 5.95 Å². The zero-order valence-corrected chi connectivity index (χ0v) is 15.5. The van der Waals surface area contributed by atoms with Crippen molar-refractivity contribution < 1.29 is 19.0 Å². The molecule has 6 nitrogen and oxygen atoms in total. The highest BCUT2D eigenvalue weighted by atomic mass is 35.5. The number of ether oxygens (including phenoxy) is 1. The minimum atomic E-state index is -0.474. The summed E-state index contributed by atoms with van der Waals surface area (Å²) < 4.78 is 11.4. The van der Waals surface area contributed by atoms with Gasteiger partial charge in [-0.15, -0.1) is 0 Å². The van der Waals surface area contributed by atoms with Gasteiger partial charge in [-0.2, -0.15) is 0 Å². The predicted molar refractivity (Wildman–Crippen MR) is 95.9 cm³/mol. The van der Waals surface area contributed by atoms with E-state index in [0.29, 0.717) is 40.9 Å². The number of aromatic nitrogens is 2. The number of benzene rings is 2. The third-order valence-corrected chi connectivity index (χ3v) is 4.48. The summed E-state index contributed by atoms with van der Waals surface area (Å²) in [4.78, 5) is 0. The monoisotopic (exact) mass is 393 g/mol. The van der Waals surface area contributed by atoms with Gasteiger partial charge in [0.15, 0.2) is 5.95 Å². The molecule has 0 saturated heterocycles. The van der Waals surface area contributed by atoms with Crippen LogP contribution in [0, 0.1) is 0 Å². The van der Waals surface area contributed by atoms with Crippen LogP contribution in [0.15, 0.2) is 47.0 Å². The van der Waals surface area contributed by atoms with Crippen LogP contribution in [-0.2, 0) is 13.0 Å². The normalized spacial score (nSPS) is 10.9. The number of methoxy groups -OCH3 is 1. The van der Waals surface area contributed by atoms with E-state index in [1.165, 1.54) is 4.68 Å². The number of rotatable bonds is 7. The van der Waals surface area contributed by atoms with Crippen LogP contribution < -0.4 is 19.8 Å². The third-order valence-electron chi connectivity index (χ3n) is 3.89. The van der Waals surface area contributed by atoms with Crippen LogP contribution in [0.5, 0.6) is 11.7 Å². The molecule has 0 radical (unpaired) electrons. The van der Waals surface area contributed by atoms with Crippen molar-refractivity contribution in [3.63, 3.8) is 0 Å². The maximum absolute atomic E-state index is 11.9. The Morgan fingerprint density at radius 1 is 1.19 bits per heavy atom. The summed E-state index contributed by atoms with van der Waals surface area (Å²) >= 11 is 12.1. The molecule has 0 aliphatic carbocycles. The second kappa shape index (κ2) is 8.40. The first kappa shape index (κ1) is 18.5. The molecule has 136 valence electrons. The molecule has 0 saturated carbocycles. The summed E-state index contributed by atoms with van der Waals surface area (Å²) in [5.74, 6) is 0.248. The van der Waals surface area contributed by atoms with Crippen molar-refractivity contribution in [1.29, 1.82) is 0 Å². The van der Waals surface area contributed by atoms with Gasteiger partial charge in [-0.25, -0.2) is 0 Å². The standard InChI is InChI=1S/C18H17Cl2N3O3/c1-25-15-6-4-14(5-7-15)23-17(18(24)26-22-23)11-21-9-8-12-2-3-13(19)10-16(12)20/h2-7,10,21H,8-9,11H2,1H3. The Morgan fingerprint density at radius 3 is 2.65 bits per heavy atom. The van der Waals surface area contributed by atoms with Crippen molar-refractivity contribution >= 4 is 23.2 Å². The molecule has 1 aromatic heterocycles. The molecular weight excluding hydrogens is 377 g/mol. The molecule has 0 unspecified atom stereocenters. The Hall–Kier alpha value is -2.28. The highest BCUT2D eigenvalue weighted by Crippen LogP contribution is 2.21. The molecule has 26 heavy (non-hydrogen) atoms. The molecule has 0 amide bonds. The summed E-state index contributed by atoms with van der Waals surface area (Å²) in [6.45, 7) is 0.953. The molecule has 1 heterocycles. The van der Waals surface area contributed by atoms with Crippen molar-refractivity contribution in [2.24, 2.45) is 0 Å². The molecule has 0 atom stereocenters. The molecular formula is C18H17Cl2N3O3. The largest absolute Gasteiger partial charge is 0.539 e. The maximum atomic E-state index is 11.9. The fourth-order valence-electron chi connectivity index (χ4n) is 2.49. The van der Waals surface area contributed by atoms with E-state index in [0.717, 1.165) is 11.3 Å². The number of hydrogen-bond acceptors (Lipinski definition) is 5. The van der Waals surface area contributed by atoms with E-state index in [1.807, 2.05) is 6.07 Å². The second-order valence-electron chi connectivity index (χ2n) is 5.58. The topological polar surface area (TPSA) is 74.2 Å². The maximum Gasteiger partial charge on any atom is 0.253 e. The van der Waals surface area contributed by atoms with Crippen LogP contribution in [0.4, 0.5) is 0 Å². The Morgan fingerprint density at radius 2 is 1.96 bits per heavy atom. The molecule has 3 aromatic rings. The average molecular weight is 394 g/mol. The zero-order valence-electron chi connectivity index (χ0n) is 14.0. The van der Waals surface area contributed by atoms with Crippen molar-refractivity contribution in [1.82, 2.24) is 10.6 Å². The lowest BCUT2D eigenvalue weighted by atomic mass is 10.1. The minimum absolute atomic E-state index is 0.319. The highest BCUT2D eigenvalue weighted by Gasteiger charge is 2.19. The predicted octanol–water partition coefficient (Wildman–Crippen LogP) is 2.67. The molecule has 1 N–H and O–H groups in total. The first-order valence-electron chi connectivity index (χ1n) is 7.95. The second-order valence-corrected chi connectivity index (χ2v) is 6.42. The van der Waals surface area contributed by atoms with Gasteiger partial charge in [0.1, 0.15) is 5.75 Å². The Kier molecular flexibility index (Phi) is 5.98. The Labute approximate surface area is 160 Å². The van der Waals surface area contributed by atoms with Crippen LogP contribution in [0.25, 0.3) is 5.69 Å². The summed E-state index contributed by atoms with van der Waals surface area (Å²) in [6.07, 6.45) is 0.706. The molecule has 0 fully saturated rings. The lowest BCUT2D eigenvalue weighted by Crippen LogP contribution is -2.39. The van der Waals surface area contributed by atoms with E-state index in [9.17, 15) is 5.11 Å². The minimum Gasteiger partial charge on any atom is -0.539 e. The number of nitrogens with zero attached hydrogens (tertiary/aromatic N) is 2. The van der Waals surface area contributed by atoms with Gasteiger partial charge in [0.2, 0.25) is 5.69 Å². The van der Waals surface area contributed by atoms with Gasteiger partial charge in [-0.3, -0.25) is 0 Å².